The van der Waals surface area contributed by atoms with Crippen LogP contribution >= 0.6 is 11.3 Å². The van der Waals surface area contributed by atoms with Gasteiger partial charge in [-0.3, -0.25) is 9.58 Å². The van der Waals surface area contributed by atoms with Crippen molar-refractivity contribution >= 4 is 11.3 Å². The summed E-state index contributed by atoms with van der Waals surface area (Å²) in [5.41, 5.74) is 3.19. The Balaban J connectivity index is 1.52. The van der Waals surface area contributed by atoms with Gasteiger partial charge in [-0.25, -0.2) is 4.98 Å². The standard InChI is InChI=1S/C17H21N5OS/c1-12-3-8-24-15(12)11-21-6-7-22-13(10-21)9-14(19-22)16(23)17-18-4-5-20(17)2/h3-5,8-9,16,23H,6-7,10-11H2,1-2H3. The van der Waals surface area contributed by atoms with E-state index in [0.717, 1.165) is 31.9 Å². The van der Waals surface area contributed by atoms with Gasteiger partial charge < -0.3 is 9.67 Å². The summed E-state index contributed by atoms with van der Waals surface area (Å²) in [7, 11) is 1.88. The molecule has 3 aromatic rings. The molecule has 0 saturated carbocycles. The number of fused-ring (bicyclic) bond motifs is 1. The molecule has 4 rings (SSSR count). The van der Waals surface area contributed by atoms with Crippen molar-refractivity contribution in [2.45, 2.75) is 32.7 Å². The fourth-order valence-corrected chi connectivity index (χ4v) is 4.10. The minimum atomic E-state index is -0.781. The van der Waals surface area contributed by atoms with Crippen LogP contribution in [0.3, 0.4) is 0 Å². The second-order valence-corrected chi connectivity index (χ2v) is 7.32. The van der Waals surface area contributed by atoms with E-state index in [0.29, 0.717) is 11.5 Å². The first-order valence-corrected chi connectivity index (χ1v) is 8.97. The topological polar surface area (TPSA) is 59.1 Å². The van der Waals surface area contributed by atoms with Crippen LogP contribution in [0.15, 0.2) is 29.9 Å². The Labute approximate surface area is 145 Å². The average molecular weight is 343 g/mol. The maximum Gasteiger partial charge on any atom is 0.155 e. The number of aliphatic hydroxyl groups is 1. The second-order valence-electron chi connectivity index (χ2n) is 6.32. The lowest BCUT2D eigenvalue weighted by molar-refractivity contribution is 0.195. The quantitative estimate of drug-likeness (QED) is 0.788. The second kappa shape index (κ2) is 6.16. The molecule has 4 heterocycles. The number of rotatable bonds is 4. The molecule has 0 bridgehead atoms. The van der Waals surface area contributed by atoms with Gasteiger partial charge in [0.1, 0.15) is 5.82 Å². The van der Waals surface area contributed by atoms with Gasteiger partial charge in [0.15, 0.2) is 6.10 Å². The van der Waals surface area contributed by atoms with Gasteiger partial charge in [0, 0.05) is 44.0 Å². The van der Waals surface area contributed by atoms with Crippen molar-refractivity contribution in [2.75, 3.05) is 6.54 Å². The zero-order valence-electron chi connectivity index (χ0n) is 13.9. The smallest absolute Gasteiger partial charge is 0.155 e. The number of aryl methyl sites for hydroxylation is 2. The number of hydrogen-bond acceptors (Lipinski definition) is 5. The zero-order chi connectivity index (χ0) is 16.7. The summed E-state index contributed by atoms with van der Waals surface area (Å²) >= 11 is 1.82. The molecule has 1 N–H and O–H groups in total. The molecule has 126 valence electrons. The Morgan fingerprint density at radius 2 is 2.25 bits per heavy atom. The van der Waals surface area contributed by atoms with Gasteiger partial charge in [-0.2, -0.15) is 5.10 Å². The Morgan fingerprint density at radius 1 is 1.38 bits per heavy atom. The summed E-state index contributed by atoms with van der Waals surface area (Å²) < 4.78 is 3.84. The van der Waals surface area contributed by atoms with Crippen LogP contribution in [-0.2, 0) is 26.7 Å². The van der Waals surface area contributed by atoms with Crippen molar-refractivity contribution in [3.05, 3.63) is 57.6 Å². The summed E-state index contributed by atoms with van der Waals surface area (Å²) in [5, 5.41) is 17.3. The van der Waals surface area contributed by atoms with E-state index in [1.54, 1.807) is 6.20 Å². The van der Waals surface area contributed by atoms with Gasteiger partial charge in [-0.15, -0.1) is 11.3 Å². The van der Waals surface area contributed by atoms with E-state index in [9.17, 15) is 5.11 Å². The molecular formula is C17H21N5OS. The largest absolute Gasteiger partial charge is 0.379 e. The molecule has 1 unspecified atom stereocenters. The highest BCUT2D eigenvalue weighted by Gasteiger charge is 2.24. The maximum absolute atomic E-state index is 10.5. The normalized spacial score (nSPS) is 16.3. The first-order chi connectivity index (χ1) is 11.6. The lowest BCUT2D eigenvalue weighted by atomic mass is 10.2. The molecule has 0 aliphatic carbocycles. The molecule has 0 radical (unpaired) electrons. The predicted molar refractivity (Wildman–Crippen MR) is 92.7 cm³/mol. The van der Waals surface area contributed by atoms with Crippen molar-refractivity contribution in [3.63, 3.8) is 0 Å². The molecule has 0 aromatic carbocycles. The predicted octanol–water partition coefficient (Wildman–Crippen LogP) is 2.08. The highest BCUT2D eigenvalue weighted by Crippen LogP contribution is 2.24. The van der Waals surface area contributed by atoms with E-state index in [2.05, 4.69) is 33.4 Å². The summed E-state index contributed by atoms with van der Waals surface area (Å²) in [5.74, 6) is 0.622. The van der Waals surface area contributed by atoms with Crippen molar-refractivity contribution in [2.24, 2.45) is 7.05 Å². The maximum atomic E-state index is 10.5. The lowest BCUT2D eigenvalue weighted by Gasteiger charge is -2.27. The number of aromatic nitrogens is 4. The van der Waals surface area contributed by atoms with Crippen LogP contribution in [0.2, 0.25) is 0 Å². The summed E-state index contributed by atoms with van der Waals surface area (Å²) in [6.45, 7) is 5.84. The number of thiophene rings is 1. The fraction of sp³-hybridized carbons (Fsp3) is 0.412. The van der Waals surface area contributed by atoms with E-state index in [4.69, 9.17) is 0 Å². The SMILES string of the molecule is Cc1ccsc1CN1CCn2nc(C(O)c3nccn3C)cc2C1. The lowest BCUT2D eigenvalue weighted by Crippen LogP contribution is -2.33. The van der Waals surface area contributed by atoms with E-state index >= 15 is 0 Å². The monoisotopic (exact) mass is 343 g/mol. The first kappa shape index (κ1) is 15.6. The molecule has 3 aromatic heterocycles. The summed E-state index contributed by atoms with van der Waals surface area (Å²) in [6.07, 6.45) is 2.75. The Kier molecular flexibility index (Phi) is 3.99. The van der Waals surface area contributed by atoms with Crippen LogP contribution in [0.1, 0.15) is 33.8 Å². The third-order valence-corrected chi connectivity index (χ3v) is 5.62. The number of imidazole rings is 1. The highest BCUT2D eigenvalue weighted by molar-refractivity contribution is 7.10. The van der Waals surface area contributed by atoms with Gasteiger partial charge in [0.25, 0.3) is 0 Å². The van der Waals surface area contributed by atoms with Gasteiger partial charge in [0.05, 0.1) is 17.9 Å². The molecule has 0 spiro atoms. The van der Waals surface area contributed by atoms with Crippen molar-refractivity contribution in [1.82, 2.24) is 24.2 Å². The molecule has 7 heteroatoms. The fourth-order valence-electron chi connectivity index (χ4n) is 3.15. The summed E-state index contributed by atoms with van der Waals surface area (Å²) in [6, 6.07) is 4.18. The van der Waals surface area contributed by atoms with E-state index in [-0.39, 0.29) is 0 Å². The van der Waals surface area contributed by atoms with Gasteiger partial charge in [0.2, 0.25) is 0 Å². The van der Waals surface area contributed by atoms with E-state index in [1.807, 2.05) is 39.9 Å². The average Bonchev–Trinajstić information content (AvgIpc) is 3.27. The van der Waals surface area contributed by atoms with Crippen molar-refractivity contribution in [3.8, 4) is 0 Å². The Morgan fingerprint density at radius 3 is 2.96 bits per heavy atom. The molecule has 1 aliphatic heterocycles. The number of aliphatic hydroxyl groups excluding tert-OH is 1. The minimum absolute atomic E-state index is 0.622. The van der Waals surface area contributed by atoms with Crippen LogP contribution in [0.5, 0.6) is 0 Å². The van der Waals surface area contributed by atoms with Crippen molar-refractivity contribution in [1.29, 1.82) is 0 Å². The number of nitrogens with zero attached hydrogens (tertiary/aromatic N) is 5. The molecule has 0 saturated heterocycles. The van der Waals surface area contributed by atoms with Gasteiger partial charge in [-0.05, 0) is 30.0 Å². The Hall–Kier alpha value is -1.96. The number of hydrogen-bond donors (Lipinski definition) is 1. The van der Waals surface area contributed by atoms with Crippen LogP contribution in [-0.4, -0.2) is 35.9 Å². The van der Waals surface area contributed by atoms with Crippen LogP contribution in [0.25, 0.3) is 0 Å². The summed E-state index contributed by atoms with van der Waals surface area (Å²) in [4.78, 5) is 8.09. The van der Waals surface area contributed by atoms with Crippen LogP contribution < -0.4 is 0 Å². The Bertz CT molecular complexity index is 849. The van der Waals surface area contributed by atoms with Crippen LogP contribution in [0, 0.1) is 6.92 Å². The molecule has 0 fully saturated rings. The molecule has 0 amide bonds. The molecule has 1 aliphatic rings. The third-order valence-electron chi connectivity index (χ3n) is 4.61. The van der Waals surface area contributed by atoms with Crippen LogP contribution in [0.4, 0.5) is 0 Å². The first-order valence-electron chi connectivity index (χ1n) is 8.09. The molecule has 24 heavy (non-hydrogen) atoms. The van der Waals surface area contributed by atoms with Crippen molar-refractivity contribution < 1.29 is 5.11 Å². The third kappa shape index (κ3) is 2.79. The molecular weight excluding hydrogens is 322 g/mol. The van der Waals surface area contributed by atoms with Gasteiger partial charge >= 0.3 is 0 Å². The molecule has 1 atom stereocenters. The molecule has 6 nitrogen and oxygen atoms in total. The zero-order valence-corrected chi connectivity index (χ0v) is 14.7. The van der Waals surface area contributed by atoms with E-state index < -0.39 is 6.10 Å². The van der Waals surface area contributed by atoms with E-state index in [1.165, 1.54) is 10.4 Å². The van der Waals surface area contributed by atoms with Gasteiger partial charge in [-0.1, -0.05) is 0 Å². The highest BCUT2D eigenvalue weighted by atomic mass is 32.1. The minimum Gasteiger partial charge on any atom is -0.379 e.